The lowest BCUT2D eigenvalue weighted by molar-refractivity contribution is 0.0359. The molecule has 0 bridgehead atoms. The van der Waals surface area contributed by atoms with Crippen molar-refractivity contribution in [1.82, 2.24) is 0 Å². The molecule has 1 rings (SSSR count). The first kappa shape index (κ1) is 13.0. The Labute approximate surface area is 95.3 Å². The summed E-state index contributed by atoms with van der Waals surface area (Å²) in [7, 11) is 0. The summed E-state index contributed by atoms with van der Waals surface area (Å²) < 4.78 is 0. The number of hydrogen-bond donors (Lipinski definition) is 1. The van der Waals surface area contributed by atoms with E-state index in [0.29, 0.717) is 17.3 Å². The van der Waals surface area contributed by atoms with E-state index in [9.17, 15) is 5.11 Å². The molecule has 1 nitrogen and oxygen atoms in total. The standard InChI is InChI=1S/C14H28O/c1-5-7-11(2)10-13(15)12-8-6-9-14(12,3)4/h11-13,15H,5-10H2,1-4H3. The molecular weight excluding hydrogens is 184 g/mol. The van der Waals surface area contributed by atoms with Crippen LogP contribution in [0.4, 0.5) is 0 Å². The predicted octanol–water partition coefficient (Wildman–Crippen LogP) is 4.00. The Hall–Kier alpha value is -0.0400. The molecule has 90 valence electrons. The van der Waals surface area contributed by atoms with Gasteiger partial charge in [0.05, 0.1) is 6.10 Å². The van der Waals surface area contributed by atoms with Crippen molar-refractivity contribution in [2.75, 3.05) is 0 Å². The van der Waals surface area contributed by atoms with Crippen molar-refractivity contribution in [3.8, 4) is 0 Å². The van der Waals surface area contributed by atoms with Gasteiger partial charge in [0.15, 0.2) is 0 Å². The summed E-state index contributed by atoms with van der Waals surface area (Å²) in [5, 5.41) is 10.3. The molecule has 1 aliphatic rings. The summed E-state index contributed by atoms with van der Waals surface area (Å²) in [5.41, 5.74) is 0.366. The fraction of sp³-hybridized carbons (Fsp3) is 1.00. The van der Waals surface area contributed by atoms with Gasteiger partial charge in [0.25, 0.3) is 0 Å². The molecule has 0 spiro atoms. The molecule has 1 aliphatic carbocycles. The molecule has 0 aliphatic heterocycles. The van der Waals surface area contributed by atoms with Crippen LogP contribution >= 0.6 is 0 Å². The van der Waals surface area contributed by atoms with Gasteiger partial charge in [0, 0.05) is 0 Å². The van der Waals surface area contributed by atoms with Gasteiger partial charge in [-0.15, -0.1) is 0 Å². The van der Waals surface area contributed by atoms with Crippen LogP contribution in [0.25, 0.3) is 0 Å². The van der Waals surface area contributed by atoms with Crippen molar-refractivity contribution in [2.24, 2.45) is 17.3 Å². The zero-order valence-corrected chi connectivity index (χ0v) is 10.9. The lowest BCUT2D eigenvalue weighted by Gasteiger charge is -2.32. The molecule has 1 fully saturated rings. The Morgan fingerprint density at radius 3 is 2.53 bits per heavy atom. The lowest BCUT2D eigenvalue weighted by Crippen LogP contribution is -2.30. The van der Waals surface area contributed by atoms with Gasteiger partial charge in [0.1, 0.15) is 0 Å². The highest BCUT2D eigenvalue weighted by atomic mass is 16.3. The second-order valence-electron chi connectivity index (χ2n) is 6.18. The van der Waals surface area contributed by atoms with Crippen LogP contribution in [0.1, 0.15) is 66.2 Å². The molecule has 3 unspecified atom stereocenters. The van der Waals surface area contributed by atoms with Gasteiger partial charge in [-0.25, -0.2) is 0 Å². The van der Waals surface area contributed by atoms with E-state index in [1.807, 2.05) is 0 Å². The van der Waals surface area contributed by atoms with E-state index in [2.05, 4.69) is 27.7 Å². The number of hydrogen-bond acceptors (Lipinski definition) is 1. The maximum atomic E-state index is 10.3. The molecule has 1 saturated carbocycles. The van der Waals surface area contributed by atoms with Crippen molar-refractivity contribution in [1.29, 1.82) is 0 Å². The van der Waals surface area contributed by atoms with E-state index in [1.165, 1.54) is 32.1 Å². The molecule has 0 aromatic heterocycles. The van der Waals surface area contributed by atoms with Gasteiger partial charge in [-0.1, -0.05) is 47.0 Å². The van der Waals surface area contributed by atoms with E-state index in [-0.39, 0.29) is 6.10 Å². The first-order valence-electron chi connectivity index (χ1n) is 6.65. The highest BCUT2D eigenvalue weighted by Crippen LogP contribution is 2.45. The van der Waals surface area contributed by atoms with Gasteiger partial charge in [-0.2, -0.15) is 0 Å². The summed E-state index contributed by atoms with van der Waals surface area (Å²) in [6, 6.07) is 0. The smallest absolute Gasteiger partial charge is 0.0576 e. The fourth-order valence-corrected chi connectivity index (χ4v) is 3.25. The third kappa shape index (κ3) is 3.48. The van der Waals surface area contributed by atoms with Gasteiger partial charge < -0.3 is 5.11 Å². The van der Waals surface area contributed by atoms with E-state index >= 15 is 0 Å². The van der Waals surface area contributed by atoms with Crippen LogP contribution in [0.5, 0.6) is 0 Å². The molecule has 0 amide bonds. The van der Waals surface area contributed by atoms with Crippen LogP contribution in [-0.2, 0) is 0 Å². The monoisotopic (exact) mass is 212 g/mol. The van der Waals surface area contributed by atoms with E-state index in [1.54, 1.807) is 0 Å². The zero-order valence-electron chi connectivity index (χ0n) is 10.9. The minimum atomic E-state index is -0.0657. The van der Waals surface area contributed by atoms with Crippen LogP contribution in [0.15, 0.2) is 0 Å². The average Bonchev–Trinajstić information content (AvgIpc) is 2.45. The highest BCUT2D eigenvalue weighted by Gasteiger charge is 2.38. The SMILES string of the molecule is CCCC(C)CC(O)C1CCCC1(C)C. The van der Waals surface area contributed by atoms with E-state index < -0.39 is 0 Å². The normalized spacial score (nSPS) is 29.0. The summed E-state index contributed by atoms with van der Waals surface area (Å²) in [4.78, 5) is 0. The minimum absolute atomic E-state index is 0.0657. The molecule has 0 aromatic rings. The summed E-state index contributed by atoms with van der Waals surface area (Å²) in [6.07, 6.45) is 7.25. The highest BCUT2D eigenvalue weighted by molar-refractivity contribution is 4.89. The van der Waals surface area contributed by atoms with Crippen LogP contribution in [0.3, 0.4) is 0 Å². The van der Waals surface area contributed by atoms with Crippen molar-refractivity contribution >= 4 is 0 Å². The summed E-state index contributed by atoms with van der Waals surface area (Å²) >= 11 is 0. The number of aliphatic hydroxyl groups is 1. The summed E-state index contributed by atoms with van der Waals surface area (Å²) in [6.45, 7) is 9.13. The zero-order chi connectivity index (χ0) is 11.5. The molecular formula is C14H28O. The van der Waals surface area contributed by atoms with E-state index in [0.717, 1.165) is 6.42 Å². The van der Waals surface area contributed by atoms with Crippen molar-refractivity contribution in [3.05, 3.63) is 0 Å². The van der Waals surface area contributed by atoms with Gasteiger partial charge in [0.2, 0.25) is 0 Å². The van der Waals surface area contributed by atoms with Gasteiger partial charge in [-0.3, -0.25) is 0 Å². The molecule has 0 saturated heterocycles. The second kappa shape index (κ2) is 5.34. The molecule has 0 radical (unpaired) electrons. The molecule has 3 atom stereocenters. The molecule has 1 N–H and O–H groups in total. The van der Waals surface area contributed by atoms with Gasteiger partial charge in [-0.05, 0) is 36.5 Å². The van der Waals surface area contributed by atoms with Crippen molar-refractivity contribution < 1.29 is 5.11 Å². The lowest BCUT2D eigenvalue weighted by atomic mass is 9.76. The van der Waals surface area contributed by atoms with Crippen molar-refractivity contribution in [2.45, 2.75) is 72.3 Å². The predicted molar refractivity (Wildman–Crippen MR) is 65.8 cm³/mol. The van der Waals surface area contributed by atoms with Crippen LogP contribution in [0, 0.1) is 17.3 Å². The van der Waals surface area contributed by atoms with Crippen LogP contribution in [0.2, 0.25) is 0 Å². The number of rotatable bonds is 5. The minimum Gasteiger partial charge on any atom is -0.393 e. The first-order chi connectivity index (χ1) is 6.97. The maximum Gasteiger partial charge on any atom is 0.0576 e. The third-order valence-electron chi connectivity index (χ3n) is 4.23. The Kier molecular flexibility index (Phi) is 4.64. The second-order valence-corrected chi connectivity index (χ2v) is 6.18. The fourth-order valence-electron chi connectivity index (χ4n) is 3.25. The van der Waals surface area contributed by atoms with E-state index in [4.69, 9.17) is 0 Å². The first-order valence-corrected chi connectivity index (χ1v) is 6.65. The Balaban J connectivity index is 2.42. The number of aliphatic hydroxyl groups excluding tert-OH is 1. The molecule has 1 heteroatoms. The molecule has 0 heterocycles. The molecule has 0 aromatic carbocycles. The Morgan fingerprint density at radius 2 is 2.07 bits per heavy atom. The van der Waals surface area contributed by atoms with Crippen molar-refractivity contribution in [3.63, 3.8) is 0 Å². The Bertz CT molecular complexity index is 186. The third-order valence-corrected chi connectivity index (χ3v) is 4.23. The average molecular weight is 212 g/mol. The maximum absolute atomic E-state index is 10.3. The Morgan fingerprint density at radius 1 is 1.40 bits per heavy atom. The molecule has 15 heavy (non-hydrogen) atoms. The van der Waals surface area contributed by atoms with Crippen LogP contribution in [-0.4, -0.2) is 11.2 Å². The quantitative estimate of drug-likeness (QED) is 0.730. The van der Waals surface area contributed by atoms with Crippen LogP contribution < -0.4 is 0 Å². The largest absolute Gasteiger partial charge is 0.393 e. The topological polar surface area (TPSA) is 20.2 Å². The van der Waals surface area contributed by atoms with Gasteiger partial charge >= 0.3 is 0 Å². The summed E-state index contributed by atoms with van der Waals surface area (Å²) in [5.74, 6) is 1.22.